The lowest BCUT2D eigenvalue weighted by atomic mass is 9.41. The molecule has 0 bridgehead atoms. The maximum Gasteiger partial charge on any atom is 0.329 e. The van der Waals surface area contributed by atoms with E-state index >= 15 is 0 Å². The molecule has 0 N–H and O–H groups in total. The zero-order valence-electron chi connectivity index (χ0n) is 43.9. The second kappa shape index (κ2) is 14.3. The number of rotatable bonds is 1. The van der Waals surface area contributed by atoms with Crippen molar-refractivity contribution < 1.29 is 4.42 Å². The van der Waals surface area contributed by atoms with Crippen LogP contribution in [0.15, 0.2) is 156 Å². The Morgan fingerprint density at radius 1 is 0.417 bits per heavy atom. The summed E-state index contributed by atoms with van der Waals surface area (Å²) in [6, 6.07) is 59.5. The van der Waals surface area contributed by atoms with E-state index in [-0.39, 0.29) is 34.4 Å². The first-order valence-corrected chi connectivity index (χ1v) is 26.3. The number of benzene rings is 10. The van der Waals surface area contributed by atoms with Crippen LogP contribution < -0.4 is 10.9 Å². The first-order valence-electron chi connectivity index (χ1n) is 26.3. The van der Waals surface area contributed by atoms with Gasteiger partial charge in [-0.3, -0.25) is 0 Å². The van der Waals surface area contributed by atoms with Gasteiger partial charge in [0.2, 0.25) is 0 Å². The predicted molar refractivity (Wildman–Crippen MR) is 311 cm³/mol. The highest BCUT2D eigenvalue weighted by Crippen LogP contribution is 2.51. The first kappa shape index (κ1) is 43.7. The zero-order valence-corrected chi connectivity index (χ0v) is 43.9. The van der Waals surface area contributed by atoms with Gasteiger partial charge in [-0.2, -0.15) is 0 Å². The van der Waals surface area contributed by atoms with Crippen molar-refractivity contribution in [1.29, 1.82) is 0 Å². The molecule has 2 aliphatic heterocycles. The van der Waals surface area contributed by atoms with E-state index in [0.29, 0.717) is 0 Å². The molecule has 10 aromatic carbocycles. The summed E-state index contributed by atoms with van der Waals surface area (Å²) in [5.74, 6) is -0.0583. The van der Waals surface area contributed by atoms with Gasteiger partial charge in [0.15, 0.2) is 0 Å². The van der Waals surface area contributed by atoms with Gasteiger partial charge in [0, 0.05) is 49.6 Å². The van der Waals surface area contributed by atoms with Crippen LogP contribution in [0.4, 0.5) is 0 Å². The third-order valence-electron chi connectivity index (χ3n) is 17.0. The summed E-state index contributed by atoms with van der Waals surface area (Å²) in [7, 11) is 0. The molecule has 14 rings (SSSR count). The van der Waals surface area contributed by atoms with Crippen LogP contribution >= 0.6 is 0 Å². The van der Waals surface area contributed by atoms with Crippen LogP contribution in [0.5, 0.6) is 0 Å². The van der Waals surface area contributed by atoms with Crippen LogP contribution in [-0.4, -0.2) is 11.3 Å². The van der Waals surface area contributed by atoms with E-state index in [4.69, 9.17) is 4.42 Å². The average Bonchev–Trinajstić information content (AvgIpc) is 3.88. The minimum absolute atomic E-state index is 0.0147. The van der Waals surface area contributed by atoms with Crippen molar-refractivity contribution >= 4 is 105 Å². The van der Waals surface area contributed by atoms with Crippen molar-refractivity contribution in [3.63, 3.8) is 0 Å². The fraction of sp³-hybridized carbons (Fsp3) is 0.246. The summed E-state index contributed by atoms with van der Waals surface area (Å²) in [5, 5.41) is 15.3. The van der Waals surface area contributed by atoms with E-state index in [1.807, 2.05) is 0 Å². The topological polar surface area (TPSA) is 18.1 Å². The highest BCUT2D eigenvalue weighted by molar-refractivity contribution is 6.88. The van der Waals surface area contributed by atoms with Crippen LogP contribution in [0.3, 0.4) is 0 Å². The quantitative estimate of drug-likeness (QED) is 0.0911. The number of fused-ring (bicyclic) bond motifs is 18. The van der Waals surface area contributed by atoms with Gasteiger partial charge < -0.3 is 8.90 Å². The monoisotopic (exact) mass is 931 g/mol. The minimum Gasteiger partial charge on any atom is -0.455 e. The molecule has 352 valence electrons. The molecule has 0 saturated carbocycles. The fourth-order valence-corrected chi connectivity index (χ4v) is 13.1. The van der Waals surface area contributed by atoms with Gasteiger partial charge in [-0.1, -0.05) is 186 Å². The highest BCUT2D eigenvalue weighted by atomic mass is 16.3. The van der Waals surface area contributed by atoms with Crippen LogP contribution in [0, 0.1) is 0 Å². The SMILES string of the molecule is CC(C)(C)c1cc(C2c3cc4cc5c6ccccc6c6ccccc6c5cc4cc3B3c4c2cc2c(oc5ccccc52)c4-c2cc(C(C)(C)C)cc4c5cc(C(C)(C)C)ccc5n3c24)cc(C(C)(C)C)c1. The molecule has 0 saturated heterocycles. The van der Waals surface area contributed by atoms with Gasteiger partial charge in [-0.15, -0.1) is 0 Å². The summed E-state index contributed by atoms with van der Waals surface area (Å²) in [6.07, 6.45) is 0. The average molecular weight is 932 g/mol. The molecule has 0 spiro atoms. The summed E-state index contributed by atoms with van der Waals surface area (Å²) in [5.41, 5.74) is 19.1. The molecular weight excluding hydrogens is 870 g/mol. The minimum atomic E-state index is -0.117. The first-order chi connectivity index (χ1) is 34.2. The molecule has 2 aromatic heterocycles. The molecule has 2 nitrogen and oxygen atoms in total. The number of hydrogen-bond acceptors (Lipinski definition) is 1. The third kappa shape index (κ3) is 6.09. The lowest BCUT2D eigenvalue weighted by molar-refractivity contribution is 0.566. The maximum atomic E-state index is 7.27. The lowest BCUT2D eigenvalue weighted by Crippen LogP contribution is -2.57. The molecule has 2 aliphatic rings. The molecule has 1 unspecified atom stereocenters. The number of para-hydroxylation sites is 1. The van der Waals surface area contributed by atoms with Gasteiger partial charge in [-0.05, 0) is 163 Å². The summed E-state index contributed by atoms with van der Waals surface area (Å²) >= 11 is 0. The molecule has 12 aromatic rings. The smallest absolute Gasteiger partial charge is 0.329 e. The Bertz CT molecular complexity index is 4340. The molecule has 0 amide bonds. The Labute approximate surface area is 423 Å². The van der Waals surface area contributed by atoms with Gasteiger partial charge in [-0.25, -0.2) is 0 Å². The number of furan rings is 1. The van der Waals surface area contributed by atoms with Crippen LogP contribution in [0.2, 0.25) is 0 Å². The van der Waals surface area contributed by atoms with Crippen molar-refractivity contribution in [2.75, 3.05) is 0 Å². The molecule has 0 fully saturated rings. The Kier molecular flexibility index (Phi) is 8.68. The largest absolute Gasteiger partial charge is 0.455 e. The Morgan fingerprint density at radius 3 is 1.54 bits per heavy atom. The van der Waals surface area contributed by atoms with Gasteiger partial charge in [0.05, 0.1) is 0 Å². The summed E-state index contributed by atoms with van der Waals surface area (Å²) in [6.45, 7) is 28.3. The summed E-state index contributed by atoms with van der Waals surface area (Å²) < 4.78 is 10.0. The molecule has 0 aliphatic carbocycles. The fourth-order valence-electron chi connectivity index (χ4n) is 13.1. The Morgan fingerprint density at radius 2 is 0.944 bits per heavy atom. The number of aromatic nitrogens is 1. The normalized spacial score (nSPS) is 15.1. The van der Waals surface area contributed by atoms with Crippen LogP contribution in [-0.2, 0) is 21.7 Å². The Balaban J connectivity index is 1.21. The van der Waals surface area contributed by atoms with E-state index in [1.165, 1.54) is 137 Å². The van der Waals surface area contributed by atoms with Crippen molar-refractivity contribution in [3.8, 4) is 11.1 Å². The standard InChI is InChI=1S/C69H62BNO/c1-66(2,3)41-25-26-59-52(34-41)53-35-44(69(10,11)12)36-57-62-63-56(37-54-49-23-17-18-24-60(49)72-65(54)62)61(40-27-42(67(4,5)6)33-43(28-40)68(7,8)9)55-31-38-29-50-47-21-15-13-19-45(47)46-20-14-16-22-48(46)51(50)30-39(38)32-58(55)70(63)71(59)64(53)57/h13-37,61H,1-12H3. The molecule has 0 radical (unpaired) electrons. The second-order valence-electron chi connectivity index (χ2n) is 25.7. The molecule has 72 heavy (non-hydrogen) atoms. The van der Waals surface area contributed by atoms with Crippen LogP contribution in [0.25, 0.3) is 98.0 Å². The molecular formula is C69H62BNO. The van der Waals surface area contributed by atoms with Crippen molar-refractivity contribution in [2.45, 2.75) is 111 Å². The third-order valence-corrected chi connectivity index (χ3v) is 17.0. The van der Waals surface area contributed by atoms with Crippen molar-refractivity contribution in [3.05, 3.63) is 191 Å². The number of hydrogen-bond donors (Lipinski definition) is 0. The maximum absolute atomic E-state index is 7.27. The molecule has 1 atom stereocenters. The van der Waals surface area contributed by atoms with E-state index in [0.717, 1.165) is 11.2 Å². The molecule has 3 heteroatoms. The van der Waals surface area contributed by atoms with Crippen LogP contribution in [0.1, 0.15) is 128 Å². The zero-order chi connectivity index (χ0) is 49.7. The lowest BCUT2D eigenvalue weighted by Gasteiger charge is -2.39. The van der Waals surface area contributed by atoms with E-state index < -0.39 is 0 Å². The van der Waals surface area contributed by atoms with Gasteiger partial charge in [0.25, 0.3) is 0 Å². The van der Waals surface area contributed by atoms with Gasteiger partial charge >= 0.3 is 6.85 Å². The Hall–Kier alpha value is -7.10. The number of nitrogens with zero attached hydrogens (tertiary/aromatic N) is 1. The van der Waals surface area contributed by atoms with Crippen molar-refractivity contribution in [2.24, 2.45) is 0 Å². The van der Waals surface area contributed by atoms with E-state index in [1.54, 1.807) is 0 Å². The predicted octanol–water partition coefficient (Wildman–Crippen LogP) is 17.6. The second-order valence-corrected chi connectivity index (χ2v) is 25.7. The van der Waals surface area contributed by atoms with E-state index in [2.05, 4.69) is 239 Å². The van der Waals surface area contributed by atoms with Gasteiger partial charge in [0.1, 0.15) is 11.2 Å². The summed E-state index contributed by atoms with van der Waals surface area (Å²) in [4.78, 5) is 0. The van der Waals surface area contributed by atoms with E-state index in [9.17, 15) is 0 Å². The van der Waals surface area contributed by atoms with Crippen molar-refractivity contribution in [1.82, 2.24) is 4.48 Å². The molecule has 4 heterocycles. The highest BCUT2D eigenvalue weighted by Gasteiger charge is 2.46.